The van der Waals surface area contributed by atoms with E-state index in [4.69, 9.17) is 10.3 Å². The Morgan fingerprint density at radius 3 is 2.53 bits per heavy atom. The van der Waals surface area contributed by atoms with Crippen LogP contribution in [0.2, 0.25) is 0 Å². The third-order valence-electron chi connectivity index (χ3n) is 4.42. The molecule has 2 N–H and O–H groups in total. The van der Waals surface area contributed by atoms with Crippen LogP contribution in [0, 0.1) is 17.8 Å². The van der Waals surface area contributed by atoms with E-state index in [1.807, 2.05) is 0 Å². The maximum absolute atomic E-state index is 5.94. The standard InChI is InChI=1S/C14H22N2O/c1-8(2)7-11-13(17-16-14(11)15)12-9-5-3-4-6-10(9)12/h8-10,12H,3-7H2,1-2H3,(H2,15,16). The molecule has 2 unspecified atom stereocenters. The van der Waals surface area contributed by atoms with Gasteiger partial charge in [-0.05, 0) is 37.0 Å². The number of nitrogens with two attached hydrogens (primary N) is 1. The highest BCUT2D eigenvalue weighted by Crippen LogP contribution is 2.62. The smallest absolute Gasteiger partial charge is 0.170 e. The Bertz CT molecular complexity index is 398. The molecule has 1 heterocycles. The Kier molecular flexibility index (Phi) is 2.64. The lowest BCUT2D eigenvalue weighted by atomic mass is 10.0. The lowest BCUT2D eigenvalue weighted by molar-refractivity contribution is 0.378. The minimum atomic E-state index is 0.608. The van der Waals surface area contributed by atoms with Gasteiger partial charge in [-0.1, -0.05) is 31.8 Å². The van der Waals surface area contributed by atoms with Crippen LogP contribution in [0.1, 0.15) is 56.8 Å². The van der Waals surface area contributed by atoms with Crippen molar-refractivity contribution >= 4 is 5.82 Å². The van der Waals surface area contributed by atoms with E-state index in [1.165, 1.54) is 31.2 Å². The molecule has 2 atom stereocenters. The normalized spacial score (nSPS) is 31.6. The highest BCUT2D eigenvalue weighted by Gasteiger charge is 2.54. The molecular weight excluding hydrogens is 212 g/mol. The molecule has 0 spiro atoms. The van der Waals surface area contributed by atoms with Gasteiger partial charge in [0.2, 0.25) is 0 Å². The largest absolute Gasteiger partial charge is 0.381 e. The fourth-order valence-corrected chi connectivity index (χ4v) is 3.59. The van der Waals surface area contributed by atoms with Crippen molar-refractivity contribution in [1.82, 2.24) is 5.16 Å². The van der Waals surface area contributed by atoms with Crippen molar-refractivity contribution in [1.29, 1.82) is 0 Å². The third-order valence-corrected chi connectivity index (χ3v) is 4.42. The van der Waals surface area contributed by atoms with Crippen LogP contribution in [0.4, 0.5) is 5.82 Å². The van der Waals surface area contributed by atoms with Crippen LogP contribution in [-0.4, -0.2) is 5.16 Å². The monoisotopic (exact) mass is 234 g/mol. The number of fused-ring (bicyclic) bond motifs is 1. The van der Waals surface area contributed by atoms with E-state index in [1.54, 1.807) is 0 Å². The summed E-state index contributed by atoms with van der Waals surface area (Å²) in [7, 11) is 0. The second kappa shape index (κ2) is 4.04. The summed E-state index contributed by atoms with van der Waals surface area (Å²) in [5, 5.41) is 3.99. The predicted molar refractivity (Wildman–Crippen MR) is 67.6 cm³/mol. The van der Waals surface area contributed by atoms with Gasteiger partial charge in [0.15, 0.2) is 5.82 Å². The molecule has 2 fully saturated rings. The maximum Gasteiger partial charge on any atom is 0.170 e. The summed E-state index contributed by atoms with van der Waals surface area (Å²) in [6, 6.07) is 0. The molecule has 3 nitrogen and oxygen atoms in total. The first kappa shape index (κ1) is 11.1. The minimum Gasteiger partial charge on any atom is -0.381 e. The highest BCUT2D eigenvalue weighted by molar-refractivity contribution is 5.44. The third kappa shape index (κ3) is 1.85. The Hall–Kier alpha value is -0.990. The Balaban J connectivity index is 1.83. The molecule has 0 aliphatic heterocycles. The summed E-state index contributed by atoms with van der Waals surface area (Å²) >= 11 is 0. The van der Waals surface area contributed by atoms with Crippen molar-refractivity contribution in [3.05, 3.63) is 11.3 Å². The molecule has 2 saturated carbocycles. The van der Waals surface area contributed by atoms with Crippen LogP contribution in [0.15, 0.2) is 4.52 Å². The van der Waals surface area contributed by atoms with Crippen LogP contribution >= 0.6 is 0 Å². The van der Waals surface area contributed by atoms with Gasteiger partial charge in [0.1, 0.15) is 5.76 Å². The van der Waals surface area contributed by atoms with E-state index in [0.29, 0.717) is 17.7 Å². The van der Waals surface area contributed by atoms with Crippen LogP contribution in [0.25, 0.3) is 0 Å². The van der Waals surface area contributed by atoms with E-state index in [2.05, 4.69) is 19.0 Å². The maximum atomic E-state index is 5.94. The molecule has 1 aromatic heterocycles. The second-order valence-electron chi connectivity index (χ2n) is 6.15. The van der Waals surface area contributed by atoms with Crippen molar-refractivity contribution in [3.8, 4) is 0 Å². The summed E-state index contributed by atoms with van der Waals surface area (Å²) in [5.74, 6) is 4.71. The second-order valence-corrected chi connectivity index (χ2v) is 6.15. The molecule has 0 radical (unpaired) electrons. The van der Waals surface area contributed by atoms with E-state index in [0.717, 1.165) is 24.0 Å². The number of rotatable bonds is 3. The average molecular weight is 234 g/mol. The molecule has 0 bridgehead atoms. The summed E-state index contributed by atoms with van der Waals surface area (Å²) in [6.45, 7) is 4.44. The van der Waals surface area contributed by atoms with Crippen LogP contribution in [0.3, 0.4) is 0 Å². The highest BCUT2D eigenvalue weighted by atomic mass is 16.5. The first-order valence-corrected chi connectivity index (χ1v) is 6.92. The van der Waals surface area contributed by atoms with Gasteiger partial charge < -0.3 is 10.3 Å². The predicted octanol–water partition coefficient (Wildman–Crippen LogP) is 3.36. The van der Waals surface area contributed by atoms with Gasteiger partial charge in [-0.2, -0.15) is 0 Å². The molecule has 2 aliphatic carbocycles. The molecular formula is C14H22N2O. The number of nitrogen functional groups attached to an aromatic ring is 1. The van der Waals surface area contributed by atoms with Crippen molar-refractivity contribution < 1.29 is 4.52 Å². The zero-order valence-corrected chi connectivity index (χ0v) is 10.8. The fraction of sp³-hybridized carbons (Fsp3) is 0.786. The van der Waals surface area contributed by atoms with E-state index in [-0.39, 0.29) is 0 Å². The van der Waals surface area contributed by atoms with Crippen molar-refractivity contribution in [2.24, 2.45) is 17.8 Å². The molecule has 0 saturated heterocycles. The lowest BCUT2D eigenvalue weighted by Gasteiger charge is -2.04. The number of aromatic nitrogens is 1. The van der Waals surface area contributed by atoms with Gasteiger partial charge in [0, 0.05) is 11.5 Å². The number of anilines is 1. The molecule has 1 aromatic rings. The van der Waals surface area contributed by atoms with E-state index < -0.39 is 0 Å². The summed E-state index contributed by atoms with van der Waals surface area (Å²) in [6.07, 6.45) is 6.52. The molecule has 17 heavy (non-hydrogen) atoms. The Morgan fingerprint density at radius 1 is 1.29 bits per heavy atom. The number of hydrogen-bond donors (Lipinski definition) is 1. The van der Waals surface area contributed by atoms with Crippen LogP contribution < -0.4 is 5.73 Å². The molecule has 2 aliphatic rings. The Morgan fingerprint density at radius 2 is 1.94 bits per heavy atom. The molecule has 3 heteroatoms. The number of hydrogen-bond acceptors (Lipinski definition) is 3. The Labute approximate surface area is 103 Å². The van der Waals surface area contributed by atoms with Gasteiger partial charge in [-0.3, -0.25) is 0 Å². The van der Waals surface area contributed by atoms with E-state index in [9.17, 15) is 0 Å². The topological polar surface area (TPSA) is 52.0 Å². The van der Waals surface area contributed by atoms with Crippen molar-refractivity contribution in [2.75, 3.05) is 5.73 Å². The summed E-state index contributed by atoms with van der Waals surface area (Å²) < 4.78 is 5.54. The zero-order valence-electron chi connectivity index (χ0n) is 10.8. The first-order valence-electron chi connectivity index (χ1n) is 6.92. The van der Waals surface area contributed by atoms with Crippen molar-refractivity contribution in [2.45, 2.75) is 51.9 Å². The molecule has 0 amide bonds. The zero-order chi connectivity index (χ0) is 12.0. The van der Waals surface area contributed by atoms with E-state index >= 15 is 0 Å². The van der Waals surface area contributed by atoms with Gasteiger partial charge in [0.05, 0.1) is 0 Å². The number of nitrogens with zero attached hydrogens (tertiary/aromatic N) is 1. The first-order chi connectivity index (χ1) is 8.18. The van der Waals surface area contributed by atoms with Gasteiger partial charge in [-0.15, -0.1) is 0 Å². The van der Waals surface area contributed by atoms with Crippen LogP contribution in [-0.2, 0) is 6.42 Å². The van der Waals surface area contributed by atoms with Gasteiger partial charge >= 0.3 is 0 Å². The van der Waals surface area contributed by atoms with Crippen LogP contribution in [0.5, 0.6) is 0 Å². The summed E-state index contributed by atoms with van der Waals surface area (Å²) in [4.78, 5) is 0. The molecule has 94 valence electrons. The van der Waals surface area contributed by atoms with Gasteiger partial charge in [0.25, 0.3) is 0 Å². The lowest BCUT2D eigenvalue weighted by Crippen LogP contribution is -2.00. The average Bonchev–Trinajstić information content (AvgIpc) is 2.92. The molecule has 3 rings (SSSR count). The fourth-order valence-electron chi connectivity index (χ4n) is 3.59. The van der Waals surface area contributed by atoms with Crippen molar-refractivity contribution in [3.63, 3.8) is 0 Å². The summed E-state index contributed by atoms with van der Waals surface area (Å²) in [5.41, 5.74) is 7.13. The van der Waals surface area contributed by atoms with Gasteiger partial charge in [-0.25, -0.2) is 0 Å². The molecule has 0 aromatic carbocycles. The minimum absolute atomic E-state index is 0.608. The quantitative estimate of drug-likeness (QED) is 0.872. The SMILES string of the molecule is CC(C)Cc1c(N)noc1C1C2CCCCC21.